The Kier molecular flexibility index (Phi) is 4.87. The van der Waals surface area contributed by atoms with E-state index >= 15 is 0 Å². The molecule has 0 saturated heterocycles. The third-order valence-electron chi connectivity index (χ3n) is 4.80. The number of hydrogen-bond donors (Lipinski definition) is 1. The first-order chi connectivity index (χ1) is 13.2. The van der Waals surface area contributed by atoms with E-state index in [1.165, 1.54) is 23.6 Å². The maximum absolute atomic E-state index is 12.4. The molecule has 0 unspecified atom stereocenters. The Morgan fingerprint density at radius 2 is 1.85 bits per heavy atom. The molecular weight excluding hydrogens is 342 g/mol. The van der Waals surface area contributed by atoms with Gasteiger partial charge in [-0.15, -0.1) is 0 Å². The Labute approximate surface area is 156 Å². The van der Waals surface area contributed by atoms with E-state index in [1.807, 2.05) is 42.5 Å². The normalized spacial score (nSPS) is 14.4. The lowest BCUT2D eigenvalue weighted by Crippen LogP contribution is -2.27. The van der Waals surface area contributed by atoms with Gasteiger partial charge >= 0.3 is 0 Å². The molecule has 1 N–H and O–H groups in total. The molecule has 27 heavy (non-hydrogen) atoms. The summed E-state index contributed by atoms with van der Waals surface area (Å²) in [4.78, 5) is 28.7. The van der Waals surface area contributed by atoms with E-state index in [9.17, 15) is 9.59 Å². The van der Waals surface area contributed by atoms with Crippen molar-refractivity contribution in [2.24, 2.45) is 0 Å². The number of ether oxygens (including phenoxy) is 1. The molecule has 1 aliphatic rings. The molecule has 4 rings (SSSR count). The standard InChI is InChI=1S/C21H21N3O3/c25-20(14-24-19-8-4-3-7-18(19)22-13-21(24)26)23-15-9-11-17(12-10-15)27-16-5-1-2-6-16/h3-4,7-13,16H,1-2,5-6,14H2,(H,23,25). The molecule has 1 saturated carbocycles. The summed E-state index contributed by atoms with van der Waals surface area (Å²) in [6.45, 7) is -0.0673. The van der Waals surface area contributed by atoms with Crippen molar-refractivity contribution in [1.82, 2.24) is 9.55 Å². The number of anilines is 1. The molecule has 1 heterocycles. The summed E-state index contributed by atoms with van der Waals surface area (Å²) in [6, 6.07) is 14.6. The van der Waals surface area contributed by atoms with Crippen molar-refractivity contribution in [3.63, 3.8) is 0 Å². The van der Waals surface area contributed by atoms with Gasteiger partial charge in [0.1, 0.15) is 12.3 Å². The number of carbonyl (C=O) groups excluding carboxylic acids is 1. The van der Waals surface area contributed by atoms with Gasteiger partial charge in [-0.25, -0.2) is 4.98 Å². The topological polar surface area (TPSA) is 73.2 Å². The molecule has 138 valence electrons. The molecule has 1 fully saturated rings. The molecule has 0 atom stereocenters. The predicted molar refractivity (Wildman–Crippen MR) is 104 cm³/mol. The number of fused-ring (bicyclic) bond motifs is 1. The van der Waals surface area contributed by atoms with Gasteiger partial charge in [0.25, 0.3) is 5.56 Å². The molecule has 2 aromatic carbocycles. The van der Waals surface area contributed by atoms with Crippen LogP contribution in [0.3, 0.4) is 0 Å². The smallest absolute Gasteiger partial charge is 0.269 e. The molecule has 1 amide bonds. The highest BCUT2D eigenvalue weighted by Crippen LogP contribution is 2.25. The van der Waals surface area contributed by atoms with E-state index in [4.69, 9.17) is 4.74 Å². The van der Waals surface area contributed by atoms with Crippen LogP contribution in [0.2, 0.25) is 0 Å². The lowest BCUT2D eigenvalue weighted by molar-refractivity contribution is -0.116. The van der Waals surface area contributed by atoms with Crippen LogP contribution in [0.1, 0.15) is 25.7 Å². The summed E-state index contributed by atoms with van der Waals surface area (Å²) in [5.74, 6) is 0.550. The molecule has 3 aromatic rings. The number of nitrogens with one attached hydrogen (secondary N) is 1. The first-order valence-corrected chi connectivity index (χ1v) is 9.20. The number of aromatic nitrogens is 2. The van der Waals surface area contributed by atoms with E-state index in [-0.39, 0.29) is 18.0 Å². The van der Waals surface area contributed by atoms with Crippen LogP contribution < -0.4 is 15.6 Å². The summed E-state index contributed by atoms with van der Waals surface area (Å²) in [5, 5.41) is 2.83. The number of rotatable bonds is 5. The third-order valence-corrected chi connectivity index (χ3v) is 4.80. The number of carbonyl (C=O) groups is 1. The van der Waals surface area contributed by atoms with E-state index in [2.05, 4.69) is 10.3 Å². The van der Waals surface area contributed by atoms with Crippen LogP contribution in [-0.2, 0) is 11.3 Å². The lowest BCUT2D eigenvalue weighted by Gasteiger charge is -2.14. The zero-order valence-corrected chi connectivity index (χ0v) is 14.9. The van der Waals surface area contributed by atoms with Crippen LogP contribution >= 0.6 is 0 Å². The van der Waals surface area contributed by atoms with Crippen molar-refractivity contribution < 1.29 is 9.53 Å². The van der Waals surface area contributed by atoms with Gasteiger partial charge in [-0.05, 0) is 62.1 Å². The minimum absolute atomic E-state index is 0.0673. The van der Waals surface area contributed by atoms with Crippen LogP contribution in [-0.4, -0.2) is 21.6 Å². The van der Waals surface area contributed by atoms with Gasteiger partial charge in [-0.2, -0.15) is 0 Å². The maximum Gasteiger partial charge on any atom is 0.269 e. The van der Waals surface area contributed by atoms with Crippen LogP contribution in [0.4, 0.5) is 5.69 Å². The fourth-order valence-electron chi connectivity index (χ4n) is 3.44. The fourth-order valence-corrected chi connectivity index (χ4v) is 3.44. The minimum Gasteiger partial charge on any atom is -0.490 e. The van der Waals surface area contributed by atoms with Gasteiger partial charge in [0.15, 0.2) is 0 Å². The second-order valence-corrected chi connectivity index (χ2v) is 6.77. The molecule has 0 radical (unpaired) electrons. The van der Waals surface area contributed by atoms with Gasteiger partial charge in [0.05, 0.1) is 23.3 Å². The number of amides is 1. The second-order valence-electron chi connectivity index (χ2n) is 6.77. The van der Waals surface area contributed by atoms with E-state index < -0.39 is 0 Å². The average molecular weight is 363 g/mol. The maximum atomic E-state index is 12.4. The van der Waals surface area contributed by atoms with Gasteiger partial charge in [0, 0.05) is 5.69 Å². The lowest BCUT2D eigenvalue weighted by atomic mass is 10.2. The summed E-state index contributed by atoms with van der Waals surface area (Å²) < 4.78 is 7.36. The predicted octanol–water partition coefficient (Wildman–Crippen LogP) is 3.36. The number of hydrogen-bond acceptors (Lipinski definition) is 4. The van der Waals surface area contributed by atoms with Gasteiger partial charge in [0.2, 0.25) is 5.91 Å². The van der Waals surface area contributed by atoms with E-state index in [0.717, 1.165) is 18.6 Å². The molecule has 0 spiro atoms. The fraction of sp³-hybridized carbons (Fsp3) is 0.286. The summed E-state index contributed by atoms with van der Waals surface area (Å²) in [5.41, 5.74) is 1.69. The second kappa shape index (κ2) is 7.61. The molecule has 0 aliphatic heterocycles. The molecule has 6 heteroatoms. The summed E-state index contributed by atoms with van der Waals surface area (Å²) >= 11 is 0. The van der Waals surface area contributed by atoms with Crippen molar-refractivity contribution in [2.75, 3.05) is 5.32 Å². The highest BCUT2D eigenvalue weighted by Gasteiger charge is 2.16. The summed E-state index contributed by atoms with van der Waals surface area (Å²) in [7, 11) is 0. The van der Waals surface area contributed by atoms with Crippen molar-refractivity contribution in [2.45, 2.75) is 38.3 Å². The zero-order chi connectivity index (χ0) is 18.6. The Morgan fingerprint density at radius 3 is 2.63 bits per heavy atom. The average Bonchev–Trinajstić information content (AvgIpc) is 3.19. The molecular formula is C21H21N3O3. The highest BCUT2D eigenvalue weighted by molar-refractivity contribution is 5.91. The largest absolute Gasteiger partial charge is 0.490 e. The van der Waals surface area contributed by atoms with Crippen LogP contribution in [0, 0.1) is 0 Å². The molecule has 1 aliphatic carbocycles. The third kappa shape index (κ3) is 4.00. The number of para-hydroxylation sites is 2. The summed E-state index contributed by atoms with van der Waals surface area (Å²) in [6.07, 6.45) is 6.20. The molecule has 1 aromatic heterocycles. The zero-order valence-electron chi connectivity index (χ0n) is 14.9. The van der Waals surface area contributed by atoms with Crippen LogP contribution in [0.15, 0.2) is 59.5 Å². The van der Waals surface area contributed by atoms with Gasteiger partial charge < -0.3 is 10.1 Å². The molecule has 0 bridgehead atoms. The van der Waals surface area contributed by atoms with Gasteiger partial charge in [-0.1, -0.05) is 12.1 Å². The Bertz CT molecular complexity index is 1010. The van der Waals surface area contributed by atoms with E-state index in [0.29, 0.717) is 22.8 Å². The van der Waals surface area contributed by atoms with Crippen molar-refractivity contribution >= 4 is 22.6 Å². The number of benzene rings is 2. The van der Waals surface area contributed by atoms with Gasteiger partial charge in [-0.3, -0.25) is 14.2 Å². The van der Waals surface area contributed by atoms with E-state index in [1.54, 1.807) is 6.07 Å². The van der Waals surface area contributed by atoms with Crippen LogP contribution in [0.25, 0.3) is 11.0 Å². The SMILES string of the molecule is O=C(Cn1c(=O)cnc2ccccc21)Nc1ccc(OC2CCCC2)cc1. The van der Waals surface area contributed by atoms with Crippen molar-refractivity contribution in [3.05, 3.63) is 65.1 Å². The molecule has 6 nitrogen and oxygen atoms in total. The first-order valence-electron chi connectivity index (χ1n) is 9.20. The Balaban J connectivity index is 1.44. The van der Waals surface area contributed by atoms with Crippen molar-refractivity contribution in [3.8, 4) is 5.75 Å². The minimum atomic E-state index is -0.302. The Morgan fingerprint density at radius 1 is 1.11 bits per heavy atom. The van der Waals surface area contributed by atoms with Crippen molar-refractivity contribution in [1.29, 1.82) is 0 Å². The monoisotopic (exact) mass is 363 g/mol. The highest BCUT2D eigenvalue weighted by atomic mass is 16.5. The first kappa shape index (κ1) is 17.3. The Hall–Kier alpha value is -3.15. The number of nitrogens with zero attached hydrogens (tertiary/aromatic N) is 2. The van der Waals surface area contributed by atoms with Crippen LogP contribution in [0.5, 0.6) is 5.75 Å². The quantitative estimate of drug-likeness (QED) is 0.754.